The number of hydrogen-bond acceptors (Lipinski definition) is 5. The molecule has 0 radical (unpaired) electrons. The quantitative estimate of drug-likeness (QED) is 0.943. The second kappa shape index (κ2) is 6.07. The van der Waals surface area contributed by atoms with Crippen LogP contribution in [0.1, 0.15) is 35.9 Å². The zero-order valence-electron chi connectivity index (χ0n) is 11.9. The van der Waals surface area contributed by atoms with Gasteiger partial charge in [0.15, 0.2) is 0 Å². The van der Waals surface area contributed by atoms with Crippen LogP contribution in [0.15, 0.2) is 24.3 Å². The first-order chi connectivity index (χ1) is 10.1. The summed E-state index contributed by atoms with van der Waals surface area (Å²) in [5, 5.41) is 20.5. The van der Waals surface area contributed by atoms with Gasteiger partial charge in [0, 0.05) is 12.6 Å². The highest BCUT2D eigenvalue weighted by molar-refractivity contribution is 7.15. The molecular formula is C15H18FN3OS. The van der Waals surface area contributed by atoms with Crippen molar-refractivity contribution in [2.45, 2.75) is 38.3 Å². The lowest BCUT2D eigenvalue weighted by molar-refractivity contribution is 0.158. The summed E-state index contributed by atoms with van der Waals surface area (Å²) in [6.07, 6.45) is 2.19. The molecule has 1 N–H and O–H groups in total. The van der Waals surface area contributed by atoms with Crippen molar-refractivity contribution in [1.29, 1.82) is 0 Å². The number of halogens is 1. The summed E-state index contributed by atoms with van der Waals surface area (Å²) in [5.41, 5.74) is 0.761. The van der Waals surface area contributed by atoms with Gasteiger partial charge in [0.25, 0.3) is 0 Å². The molecule has 4 nitrogen and oxygen atoms in total. The van der Waals surface area contributed by atoms with Gasteiger partial charge in [-0.15, -0.1) is 10.2 Å². The van der Waals surface area contributed by atoms with Crippen LogP contribution >= 0.6 is 11.3 Å². The maximum absolute atomic E-state index is 12.9. The Balaban J connectivity index is 1.69. The summed E-state index contributed by atoms with van der Waals surface area (Å²) in [6.45, 7) is 2.90. The molecule has 0 amide bonds. The van der Waals surface area contributed by atoms with Crippen LogP contribution in [-0.2, 0) is 0 Å². The first-order valence-electron chi connectivity index (χ1n) is 7.14. The first kappa shape index (κ1) is 14.4. The van der Waals surface area contributed by atoms with Gasteiger partial charge in [-0.2, -0.15) is 0 Å². The van der Waals surface area contributed by atoms with Crippen molar-refractivity contribution in [3.8, 4) is 0 Å². The third-order valence-corrected chi connectivity index (χ3v) is 4.76. The molecule has 1 aromatic carbocycles. The van der Waals surface area contributed by atoms with Crippen LogP contribution in [0.3, 0.4) is 0 Å². The standard InChI is InChI=1S/C15H18FN3OS/c1-10-17-18-15(21-10)19-8-2-3-13(19)9-14(20)11-4-6-12(16)7-5-11/h4-7,13-14,20H,2-3,8-9H2,1H3/t13-,14+/m1/s1. The first-order valence-corrected chi connectivity index (χ1v) is 7.95. The van der Waals surface area contributed by atoms with Gasteiger partial charge < -0.3 is 10.0 Å². The van der Waals surface area contributed by atoms with E-state index < -0.39 is 6.10 Å². The summed E-state index contributed by atoms with van der Waals surface area (Å²) >= 11 is 1.59. The number of aromatic nitrogens is 2. The largest absolute Gasteiger partial charge is 0.388 e. The van der Waals surface area contributed by atoms with Crippen LogP contribution in [0.25, 0.3) is 0 Å². The Bertz CT molecular complexity index is 601. The predicted octanol–water partition coefficient (Wildman–Crippen LogP) is 3.08. The summed E-state index contributed by atoms with van der Waals surface area (Å²) in [5.74, 6) is -0.280. The summed E-state index contributed by atoms with van der Waals surface area (Å²) in [6, 6.07) is 6.33. The number of aliphatic hydroxyl groups excluding tert-OH is 1. The van der Waals surface area contributed by atoms with E-state index in [4.69, 9.17) is 0 Å². The van der Waals surface area contributed by atoms with Gasteiger partial charge in [0.2, 0.25) is 5.13 Å². The molecule has 2 aromatic rings. The molecule has 2 atom stereocenters. The topological polar surface area (TPSA) is 49.2 Å². The van der Waals surface area contributed by atoms with Crippen molar-refractivity contribution < 1.29 is 9.50 Å². The van der Waals surface area contributed by atoms with Crippen molar-refractivity contribution in [3.63, 3.8) is 0 Å². The normalized spacial score (nSPS) is 20.0. The SMILES string of the molecule is Cc1nnc(N2CCC[C@@H]2C[C@H](O)c2ccc(F)cc2)s1. The van der Waals surface area contributed by atoms with Gasteiger partial charge in [0.1, 0.15) is 10.8 Å². The van der Waals surface area contributed by atoms with E-state index in [1.165, 1.54) is 12.1 Å². The second-order valence-electron chi connectivity index (χ2n) is 5.40. The van der Waals surface area contributed by atoms with E-state index in [2.05, 4.69) is 15.1 Å². The summed E-state index contributed by atoms with van der Waals surface area (Å²) in [4.78, 5) is 2.23. The number of benzene rings is 1. The molecule has 3 rings (SSSR count). The van der Waals surface area contributed by atoms with Gasteiger partial charge in [-0.25, -0.2) is 4.39 Å². The smallest absolute Gasteiger partial charge is 0.208 e. The average Bonchev–Trinajstić information content (AvgIpc) is 3.08. The summed E-state index contributed by atoms with van der Waals surface area (Å²) in [7, 11) is 0. The Morgan fingerprint density at radius 2 is 2.14 bits per heavy atom. The third kappa shape index (κ3) is 3.22. The Labute approximate surface area is 127 Å². The van der Waals surface area contributed by atoms with Crippen LogP contribution in [0.2, 0.25) is 0 Å². The predicted molar refractivity (Wildman–Crippen MR) is 81.0 cm³/mol. The highest BCUT2D eigenvalue weighted by Crippen LogP contribution is 2.32. The molecule has 112 valence electrons. The van der Waals surface area contributed by atoms with Crippen molar-refractivity contribution >= 4 is 16.5 Å². The van der Waals surface area contributed by atoms with E-state index in [-0.39, 0.29) is 11.9 Å². The molecule has 0 unspecified atom stereocenters. The van der Waals surface area contributed by atoms with Crippen molar-refractivity contribution in [2.75, 3.05) is 11.4 Å². The number of rotatable bonds is 4. The molecule has 1 aromatic heterocycles. The van der Waals surface area contributed by atoms with E-state index >= 15 is 0 Å². The molecule has 0 spiro atoms. The third-order valence-electron chi connectivity index (χ3n) is 3.89. The van der Waals surface area contributed by atoms with Crippen LogP contribution in [0.5, 0.6) is 0 Å². The van der Waals surface area contributed by atoms with Crippen LogP contribution in [-0.4, -0.2) is 27.9 Å². The van der Waals surface area contributed by atoms with Crippen LogP contribution < -0.4 is 4.90 Å². The number of anilines is 1. The Hall–Kier alpha value is -1.53. The maximum Gasteiger partial charge on any atom is 0.208 e. The highest BCUT2D eigenvalue weighted by atomic mass is 32.1. The van der Waals surface area contributed by atoms with Crippen molar-refractivity contribution in [2.24, 2.45) is 0 Å². The lowest BCUT2D eigenvalue weighted by Crippen LogP contribution is -2.30. The molecule has 1 fully saturated rings. The second-order valence-corrected chi connectivity index (χ2v) is 6.56. The minimum atomic E-state index is -0.579. The maximum atomic E-state index is 12.9. The Morgan fingerprint density at radius 3 is 2.81 bits per heavy atom. The van der Waals surface area contributed by atoms with E-state index in [9.17, 15) is 9.50 Å². The molecular weight excluding hydrogens is 289 g/mol. The Kier molecular flexibility index (Phi) is 4.17. The molecule has 0 saturated carbocycles. The number of aryl methyl sites for hydroxylation is 1. The van der Waals surface area contributed by atoms with Gasteiger partial charge in [-0.3, -0.25) is 0 Å². The fourth-order valence-electron chi connectivity index (χ4n) is 2.81. The van der Waals surface area contributed by atoms with Crippen LogP contribution in [0.4, 0.5) is 9.52 Å². The van der Waals surface area contributed by atoms with E-state index in [1.807, 2.05) is 6.92 Å². The number of nitrogens with zero attached hydrogens (tertiary/aromatic N) is 3. The molecule has 6 heteroatoms. The fourth-order valence-corrected chi connectivity index (χ4v) is 3.60. The molecule has 1 saturated heterocycles. The minimum absolute atomic E-state index is 0.261. The minimum Gasteiger partial charge on any atom is -0.388 e. The lowest BCUT2D eigenvalue weighted by Gasteiger charge is -2.25. The summed E-state index contributed by atoms with van der Waals surface area (Å²) < 4.78 is 12.9. The van der Waals surface area contributed by atoms with Gasteiger partial charge >= 0.3 is 0 Å². The van der Waals surface area contributed by atoms with Crippen molar-refractivity contribution in [3.05, 3.63) is 40.7 Å². The number of aliphatic hydroxyl groups is 1. The molecule has 1 aliphatic rings. The average molecular weight is 307 g/mol. The molecule has 0 bridgehead atoms. The molecule has 2 heterocycles. The van der Waals surface area contributed by atoms with Gasteiger partial charge in [-0.05, 0) is 43.9 Å². The monoisotopic (exact) mass is 307 g/mol. The zero-order valence-corrected chi connectivity index (χ0v) is 12.7. The zero-order chi connectivity index (χ0) is 14.8. The van der Waals surface area contributed by atoms with Crippen molar-refractivity contribution in [1.82, 2.24) is 10.2 Å². The number of hydrogen-bond donors (Lipinski definition) is 1. The van der Waals surface area contributed by atoms with Crippen LogP contribution in [0, 0.1) is 12.7 Å². The lowest BCUT2D eigenvalue weighted by atomic mass is 10.0. The Morgan fingerprint density at radius 1 is 1.38 bits per heavy atom. The molecule has 1 aliphatic heterocycles. The molecule has 0 aliphatic carbocycles. The van der Waals surface area contributed by atoms with E-state index in [0.717, 1.165) is 35.1 Å². The van der Waals surface area contributed by atoms with Gasteiger partial charge in [-0.1, -0.05) is 23.5 Å². The van der Waals surface area contributed by atoms with E-state index in [1.54, 1.807) is 23.5 Å². The highest BCUT2D eigenvalue weighted by Gasteiger charge is 2.29. The van der Waals surface area contributed by atoms with Gasteiger partial charge in [0.05, 0.1) is 6.10 Å². The van der Waals surface area contributed by atoms with E-state index in [0.29, 0.717) is 6.42 Å². The molecule has 21 heavy (non-hydrogen) atoms. The fraction of sp³-hybridized carbons (Fsp3) is 0.467.